The summed E-state index contributed by atoms with van der Waals surface area (Å²) >= 11 is 5.99. The number of carboxylic acid groups (broad SMARTS) is 1. The zero-order valence-corrected chi connectivity index (χ0v) is 13.1. The van der Waals surface area contributed by atoms with Crippen molar-refractivity contribution < 1.29 is 24.2 Å². The second-order valence-electron chi connectivity index (χ2n) is 4.68. The zero-order valence-electron chi connectivity index (χ0n) is 12.3. The highest BCUT2D eigenvalue weighted by Gasteiger charge is 2.18. The first kappa shape index (κ1) is 17.1. The summed E-state index contributed by atoms with van der Waals surface area (Å²) in [5.41, 5.74) is -0.0187. The maximum Gasteiger partial charge on any atom is 0.335 e. The predicted octanol–water partition coefficient (Wildman–Crippen LogP) is 2.29. The molecule has 0 spiro atoms. The van der Waals surface area contributed by atoms with Gasteiger partial charge in [0.15, 0.2) is 18.1 Å². The molecule has 21 heavy (non-hydrogen) atoms. The molecule has 0 saturated heterocycles. The van der Waals surface area contributed by atoms with Crippen LogP contribution in [0.25, 0.3) is 0 Å². The molecule has 0 radical (unpaired) electrons. The number of amides is 1. The van der Waals surface area contributed by atoms with E-state index in [1.54, 1.807) is 7.05 Å². The van der Waals surface area contributed by atoms with Crippen molar-refractivity contribution in [3.8, 4) is 11.5 Å². The second-order valence-corrected chi connectivity index (χ2v) is 5.09. The average molecular weight is 316 g/mol. The molecule has 0 saturated carbocycles. The first-order chi connectivity index (χ1) is 9.77. The first-order valence-electron chi connectivity index (χ1n) is 6.27. The number of nitrogens with zero attached hydrogens (tertiary/aromatic N) is 1. The second kappa shape index (κ2) is 7.17. The summed E-state index contributed by atoms with van der Waals surface area (Å²) in [4.78, 5) is 24.3. The number of hydrogen-bond acceptors (Lipinski definition) is 4. The molecule has 0 heterocycles. The summed E-state index contributed by atoms with van der Waals surface area (Å²) < 4.78 is 10.4. The molecule has 1 aromatic carbocycles. The number of hydrogen-bond donors (Lipinski definition) is 1. The number of methoxy groups -OCH3 is 1. The first-order valence-corrected chi connectivity index (χ1v) is 6.65. The van der Waals surface area contributed by atoms with Crippen LogP contribution in [0.3, 0.4) is 0 Å². The van der Waals surface area contributed by atoms with Crippen LogP contribution in [0, 0.1) is 0 Å². The van der Waals surface area contributed by atoms with Gasteiger partial charge in [-0.25, -0.2) is 4.79 Å². The number of carbonyl (C=O) groups is 2. The molecule has 0 aliphatic heterocycles. The lowest BCUT2D eigenvalue weighted by Gasteiger charge is -2.22. The Morgan fingerprint density at radius 2 is 2.00 bits per heavy atom. The Morgan fingerprint density at radius 1 is 1.38 bits per heavy atom. The van der Waals surface area contributed by atoms with E-state index in [1.807, 2.05) is 13.8 Å². The van der Waals surface area contributed by atoms with Gasteiger partial charge < -0.3 is 19.5 Å². The molecule has 0 bridgehead atoms. The average Bonchev–Trinajstić information content (AvgIpc) is 2.43. The predicted molar refractivity (Wildman–Crippen MR) is 78.4 cm³/mol. The van der Waals surface area contributed by atoms with Crippen LogP contribution in [0.1, 0.15) is 24.2 Å². The largest absolute Gasteiger partial charge is 0.493 e. The molecule has 1 N–H and O–H groups in total. The van der Waals surface area contributed by atoms with Crippen molar-refractivity contribution in [2.24, 2.45) is 0 Å². The van der Waals surface area contributed by atoms with Gasteiger partial charge in [0.2, 0.25) is 0 Å². The van der Waals surface area contributed by atoms with Crippen molar-refractivity contribution in [1.82, 2.24) is 4.90 Å². The molecule has 1 rings (SSSR count). The van der Waals surface area contributed by atoms with Gasteiger partial charge in [-0.2, -0.15) is 0 Å². The topological polar surface area (TPSA) is 76.1 Å². The van der Waals surface area contributed by atoms with Crippen LogP contribution < -0.4 is 9.47 Å². The molecule has 0 aliphatic rings. The third-order valence-corrected chi connectivity index (χ3v) is 3.27. The van der Waals surface area contributed by atoms with E-state index in [1.165, 1.54) is 24.1 Å². The molecule has 0 atom stereocenters. The lowest BCUT2D eigenvalue weighted by atomic mass is 10.2. The van der Waals surface area contributed by atoms with Crippen LogP contribution in [0.2, 0.25) is 5.02 Å². The van der Waals surface area contributed by atoms with E-state index < -0.39 is 5.97 Å². The Labute approximate surface area is 128 Å². The van der Waals surface area contributed by atoms with Crippen LogP contribution in [0.15, 0.2) is 12.1 Å². The van der Waals surface area contributed by atoms with E-state index in [0.29, 0.717) is 0 Å². The van der Waals surface area contributed by atoms with E-state index in [9.17, 15) is 9.59 Å². The van der Waals surface area contributed by atoms with Crippen molar-refractivity contribution in [3.63, 3.8) is 0 Å². The van der Waals surface area contributed by atoms with Gasteiger partial charge in [-0.1, -0.05) is 11.6 Å². The minimum absolute atomic E-state index is 0.0187. The number of halogens is 1. The quantitative estimate of drug-likeness (QED) is 0.871. The number of carbonyl (C=O) groups excluding carboxylic acids is 1. The highest BCUT2D eigenvalue weighted by Crippen LogP contribution is 2.36. The SMILES string of the molecule is COc1cc(C(=O)O)cc(Cl)c1OCC(=O)N(C)C(C)C. The third-order valence-electron chi connectivity index (χ3n) is 2.98. The van der Waals surface area contributed by atoms with Gasteiger partial charge in [-0.15, -0.1) is 0 Å². The molecule has 0 unspecified atom stereocenters. The summed E-state index contributed by atoms with van der Waals surface area (Å²) in [6.07, 6.45) is 0. The number of benzene rings is 1. The Hall–Kier alpha value is -1.95. The Balaban J connectivity index is 2.93. The highest BCUT2D eigenvalue weighted by molar-refractivity contribution is 6.32. The van der Waals surface area contributed by atoms with Crippen molar-refractivity contribution in [3.05, 3.63) is 22.7 Å². The normalized spacial score (nSPS) is 10.4. The van der Waals surface area contributed by atoms with E-state index >= 15 is 0 Å². The number of aromatic carboxylic acids is 1. The van der Waals surface area contributed by atoms with Crippen molar-refractivity contribution in [2.45, 2.75) is 19.9 Å². The molecule has 7 heteroatoms. The molecule has 0 aromatic heterocycles. The van der Waals surface area contributed by atoms with E-state index in [0.717, 1.165) is 0 Å². The molecular weight excluding hydrogens is 298 g/mol. The van der Waals surface area contributed by atoms with Crippen LogP contribution in [0.4, 0.5) is 0 Å². The lowest BCUT2D eigenvalue weighted by Crippen LogP contribution is -2.36. The number of ether oxygens (including phenoxy) is 2. The Bertz CT molecular complexity index is 544. The molecule has 116 valence electrons. The minimum atomic E-state index is -1.13. The number of carboxylic acids is 1. The van der Waals surface area contributed by atoms with Crippen LogP contribution in [0.5, 0.6) is 11.5 Å². The lowest BCUT2D eigenvalue weighted by molar-refractivity contribution is -0.133. The van der Waals surface area contributed by atoms with Gasteiger partial charge in [0, 0.05) is 13.1 Å². The van der Waals surface area contributed by atoms with Gasteiger partial charge in [0.25, 0.3) is 5.91 Å². The van der Waals surface area contributed by atoms with Crippen LogP contribution in [-0.4, -0.2) is 48.7 Å². The van der Waals surface area contributed by atoms with Gasteiger partial charge >= 0.3 is 5.97 Å². The number of likely N-dealkylation sites (N-methyl/N-ethyl adjacent to an activating group) is 1. The molecule has 1 amide bonds. The summed E-state index contributed by atoms with van der Waals surface area (Å²) in [6.45, 7) is 3.55. The molecule has 6 nitrogen and oxygen atoms in total. The summed E-state index contributed by atoms with van der Waals surface area (Å²) in [5, 5.41) is 9.03. The van der Waals surface area contributed by atoms with Gasteiger partial charge in [-0.05, 0) is 26.0 Å². The van der Waals surface area contributed by atoms with Gasteiger partial charge in [0.1, 0.15) is 0 Å². The monoisotopic (exact) mass is 315 g/mol. The van der Waals surface area contributed by atoms with E-state index in [-0.39, 0.29) is 40.6 Å². The highest BCUT2D eigenvalue weighted by atomic mass is 35.5. The minimum Gasteiger partial charge on any atom is -0.493 e. The standard InChI is InChI=1S/C14H18ClNO5/c1-8(2)16(3)12(17)7-21-13-10(15)5-9(14(18)19)6-11(13)20-4/h5-6,8H,7H2,1-4H3,(H,18,19). The fraction of sp³-hybridized carbons (Fsp3) is 0.429. The molecule has 0 fully saturated rings. The fourth-order valence-electron chi connectivity index (χ4n) is 1.51. The van der Waals surface area contributed by atoms with E-state index in [4.69, 9.17) is 26.2 Å². The summed E-state index contributed by atoms with van der Waals surface area (Å²) in [5.74, 6) is -1.03. The maximum absolute atomic E-state index is 11.9. The summed E-state index contributed by atoms with van der Waals surface area (Å²) in [7, 11) is 3.04. The number of rotatable bonds is 6. The van der Waals surface area contributed by atoms with Crippen molar-refractivity contribution in [1.29, 1.82) is 0 Å². The Morgan fingerprint density at radius 3 is 2.48 bits per heavy atom. The third kappa shape index (κ3) is 4.26. The van der Waals surface area contributed by atoms with Crippen molar-refractivity contribution in [2.75, 3.05) is 20.8 Å². The fourth-order valence-corrected chi connectivity index (χ4v) is 1.77. The Kier molecular flexibility index (Phi) is 5.84. The molecule has 0 aliphatic carbocycles. The van der Waals surface area contributed by atoms with Gasteiger partial charge in [-0.3, -0.25) is 4.79 Å². The zero-order chi connectivity index (χ0) is 16.2. The molecule has 1 aromatic rings. The van der Waals surface area contributed by atoms with Gasteiger partial charge in [0.05, 0.1) is 17.7 Å². The maximum atomic E-state index is 11.9. The smallest absolute Gasteiger partial charge is 0.335 e. The van der Waals surface area contributed by atoms with E-state index in [2.05, 4.69) is 0 Å². The molecular formula is C14H18ClNO5. The van der Waals surface area contributed by atoms with Crippen molar-refractivity contribution >= 4 is 23.5 Å². The van der Waals surface area contributed by atoms with Crippen LogP contribution in [-0.2, 0) is 4.79 Å². The van der Waals surface area contributed by atoms with Crippen LogP contribution >= 0.6 is 11.6 Å². The summed E-state index contributed by atoms with van der Waals surface area (Å²) in [6, 6.07) is 2.59.